The van der Waals surface area contributed by atoms with Crippen molar-refractivity contribution in [3.05, 3.63) is 42.8 Å². The normalized spacial score (nSPS) is 10.1. The highest BCUT2D eigenvalue weighted by Crippen LogP contribution is 2.25. The van der Waals surface area contributed by atoms with E-state index in [1.54, 1.807) is 0 Å². The number of hydrogen-bond donors (Lipinski definition) is 0. The van der Waals surface area contributed by atoms with Gasteiger partial charge in [0.05, 0.1) is 3.39 Å². The standard InChI is InChI=1S/C11H11Br3/c1-7-3-4-9(10(12)5-7)6-8(2)11(13)14/h3-5H,6H2,1-2H3. The SMILES string of the molecule is CC(Cc1ccc(C)cc1Br)=C(Br)Br. The number of rotatable bonds is 2. The number of hydrogen-bond acceptors (Lipinski definition) is 0. The molecule has 0 saturated heterocycles. The van der Waals surface area contributed by atoms with Crippen LogP contribution >= 0.6 is 47.8 Å². The molecule has 1 aromatic carbocycles. The highest BCUT2D eigenvalue weighted by Gasteiger charge is 2.02. The Hall–Kier alpha value is 0.400. The molecule has 0 unspecified atom stereocenters. The predicted octanol–water partition coefficient (Wildman–Crippen LogP) is 5.32. The van der Waals surface area contributed by atoms with Crippen LogP contribution in [0.3, 0.4) is 0 Å². The number of aryl methyl sites for hydroxylation is 1. The van der Waals surface area contributed by atoms with Crippen molar-refractivity contribution in [1.82, 2.24) is 0 Å². The van der Waals surface area contributed by atoms with Gasteiger partial charge in [-0.2, -0.15) is 0 Å². The highest BCUT2D eigenvalue weighted by atomic mass is 79.9. The summed E-state index contributed by atoms with van der Waals surface area (Å²) in [7, 11) is 0. The molecule has 0 nitrogen and oxygen atoms in total. The first-order valence-electron chi connectivity index (χ1n) is 4.26. The van der Waals surface area contributed by atoms with Crippen molar-refractivity contribution < 1.29 is 0 Å². The molecule has 0 spiro atoms. The highest BCUT2D eigenvalue weighted by molar-refractivity contribution is 9.28. The molecule has 0 aromatic heterocycles. The maximum atomic E-state index is 3.57. The van der Waals surface area contributed by atoms with Gasteiger partial charge >= 0.3 is 0 Å². The molecule has 0 atom stereocenters. The summed E-state index contributed by atoms with van der Waals surface area (Å²) in [5.74, 6) is 0. The molecule has 0 N–H and O–H groups in total. The third kappa shape index (κ3) is 3.52. The lowest BCUT2D eigenvalue weighted by Crippen LogP contribution is -1.89. The number of benzene rings is 1. The van der Waals surface area contributed by atoms with E-state index in [4.69, 9.17) is 0 Å². The molecule has 14 heavy (non-hydrogen) atoms. The molecule has 0 radical (unpaired) electrons. The van der Waals surface area contributed by atoms with Crippen LogP contribution in [0.25, 0.3) is 0 Å². The maximum Gasteiger partial charge on any atom is 0.0596 e. The average Bonchev–Trinajstić information content (AvgIpc) is 2.09. The Kier molecular flexibility index (Phi) is 4.88. The fraction of sp³-hybridized carbons (Fsp3) is 0.273. The lowest BCUT2D eigenvalue weighted by molar-refractivity contribution is 1.13. The molecule has 0 bridgehead atoms. The van der Waals surface area contributed by atoms with Gasteiger partial charge in [0.1, 0.15) is 0 Å². The zero-order valence-corrected chi connectivity index (χ0v) is 12.8. The van der Waals surface area contributed by atoms with Crippen molar-refractivity contribution >= 4 is 47.8 Å². The first kappa shape index (κ1) is 12.5. The Balaban J connectivity index is 2.93. The average molecular weight is 383 g/mol. The van der Waals surface area contributed by atoms with Crippen LogP contribution in [-0.2, 0) is 6.42 Å². The van der Waals surface area contributed by atoms with Crippen molar-refractivity contribution in [3.63, 3.8) is 0 Å². The second-order valence-electron chi connectivity index (χ2n) is 3.31. The molecule has 0 heterocycles. The van der Waals surface area contributed by atoms with E-state index >= 15 is 0 Å². The monoisotopic (exact) mass is 380 g/mol. The van der Waals surface area contributed by atoms with E-state index in [1.807, 2.05) is 0 Å². The molecule has 1 aromatic rings. The maximum absolute atomic E-state index is 3.57. The molecule has 0 amide bonds. The van der Waals surface area contributed by atoms with E-state index in [-0.39, 0.29) is 0 Å². The van der Waals surface area contributed by atoms with Gasteiger partial charge in [0.25, 0.3) is 0 Å². The summed E-state index contributed by atoms with van der Waals surface area (Å²) < 4.78 is 2.22. The molecular formula is C11H11Br3. The molecule has 76 valence electrons. The smallest absolute Gasteiger partial charge is 0.0590 e. The first-order chi connectivity index (χ1) is 6.50. The molecule has 1 rings (SSSR count). The van der Waals surface area contributed by atoms with Gasteiger partial charge in [-0.25, -0.2) is 0 Å². The fourth-order valence-electron chi connectivity index (χ4n) is 1.15. The first-order valence-corrected chi connectivity index (χ1v) is 6.64. The summed E-state index contributed by atoms with van der Waals surface area (Å²) in [5, 5.41) is 0. The Labute approximate surface area is 110 Å². The number of halogens is 3. The third-order valence-electron chi connectivity index (χ3n) is 1.99. The summed E-state index contributed by atoms with van der Waals surface area (Å²) in [5.41, 5.74) is 3.87. The van der Waals surface area contributed by atoms with E-state index in [0.717, 1.165) is 9.81 Å². The topological polar surface area (TPSA) is 0 Å². The second-order valence-corrected chi connectivity index (χ2v) is 6.82. The zero-order chi connectivity index (χ0) is 10.7. The van der Waals surface area contributed by atoms with E-state index in [0.29, 0.717) is 0 Å². The fourth-order valence-corrected chi connectivity index (χ4v) is 2.06. The zero-order valence-electron chi connectivity index (χ0n) is 8.07. The molecular weight excluding hydrogens is 372 g/mol. The van der Waals surface area contributed by atoms with Crippen molar-refractivity contribution in [2.24, 2.45) is 0 Å². The summed E-state index contributed by atoms with van der Waals surface area (Å²) in [6.45, 7) is 4.20. The largest absolute Gasteiger partial charge is 0.0596 e. The number of allylic oxidation sites excluding steroid dienone is 1. The van der Waals surface area contributed by atoms with Crippen molar-refractivity contribution in [2.75, 3.05) is 0 Å². The van der Waals surface area contributed by atoms with Gasteiger partial charge in [-0.15, -0.1) is 0 Å². The molecule has 0 aliphatic heterocycles. The molecule has 0 saturated carbocycles. The van der Waals surface area contributed by atoms with E-state index in [1.165, 1.54) is 21.2 Å². The molecule has 0 aliphatic rings. The minimum Gasteiger partial charge on any atom is -0.0590 e. The van der Waals surface area contributed by atoms with Gasteiger partial charge in [-0.1, -0.05) is 28.1 Å². The van der Waals surface area contributed by atoms with Crippen molar-refractivity contribution in [3.8, 4) is 0 Å². The summed E-state index contributed by atoms with van der Waals surface area (Å²) in [6, 6.07) is 6.44. The van der Waals surface area contributed by atoms with E-state index in [2.05, 4.69) is 79.8 Å². The van der Waals surface area contributed by atoms with E-state index in [9.17, 15) is 0 Å². The van der Waals surface area contributed by atoms with Gasteiger partial charge in [0, 0.05) is 4.47 Å². The summed E-state index contributed by atoms with van der Waals surface area (Å²) >= 11 is 10.4. The Morgan fingerprint density at radius 1 is 1.29 bits per heavy atom. The van der Waals surface area contributed by atoms with Crippen LogP contribution in [0.2, 0.25) is 0 Å². The van der Waals surface area contributed by atoms with Crippen molar-refractivity contribution in [2.45, 2.75) is 20.3 Å². The summed E-state index contributed by atoms with van der Waals surface area (Å²) in [4.78, 5) is 0. The lowest BCUT2D eigenvalue weighted by atomic mass is 10.1. The molecule has 0 aliphatic carbocycles. The Morgan fingerprint density at radius 3 is 2.43 bits per heavy atom. The molecule has 3 heteroatoms. The minimum absolute atomic E-state index is 0.951. The second kappa shape index (κ2) is 5.47. The Morgan fingerprint density at radius 2 is 1.93 bits per heavy atom. The third-order valence-corrected chi connectivity index (χ3v) is 4.08. The van der Waals surface area contributed by atoms with Gasteiger partial charge in [-0.3, -0.25) is 0 Å². The lowest BCUT2D eigenvalue weighted by Gasteiger charge is -2.06. The summed E-state index contributed by atoms with van der Waals surface area (Å²) in [6.07, 6.45) is 0.951. The van der Waals surface area contributed by atoms with Crippen LogP contribution in [0.4, 0.5) is 0 Å². The van der Waals surface area contributed by atoms with Crippen LogP contribution in [0, 0.1) is 6.92 Å². The van der Waals surface area contributed by atoms with Crippen LogP contribution in [0.5, 0.6) is 0 Å². The van der Waals surface area contributed by atoms with Crippen LogP contribution in [0.15, 0.2) is 31.6 Å². The minimum atomic E-state index is 0.951. The van der Waals surface area contributed by atoms with Crippen LogP contribution in [-0.4, -0.2) is 0 Å². The van der Waals surface area contributed by atoms with E-state index < -0.39 is 0 Å². The van der Waals surface area contributed by atoms with Gasteiger partial charge in [-0.05, 0) is 74.9 Å². The van der Waals surface area contributed by atoms with Crippen LogP contribution < -0.4 is 0 Å². The Bertz CT molecular complexity index is 363. The molecule has 0 fully saturated rings. The quantitative estimate of drug-likeness (QED) is 0.649. The van der Waals surface area contributed by atoms with Gasteiger partial charge in [0.2, 0.25) is 0 Å². The van der Waals surface area contributed by atoms with Gasteiger partial charge in [0.15, 0.2) is 0 Å². The van der Waals surface area contributed by atoms with Gasteiger partial charge < -0.3 is 0 Å². The predicted molar refractivity (Wildman–Crippen MR) is 73.1 cm³/mol. The van der Waals surface area contributed by atoms with Crippen molar-refractivity contribution in [1.29, 1.82) is 0 Å². The van der Waals surface area contributed by atoms with Crippen LogP contribution in [0.1, 0.15) is 18.1 Å².